The fraction of sp³-hybridized carbons (Fsp3) is 1.00. The zero-order chi connectivity index (χ0) is 10.3. The molecule has 0 radical (unpaired) electrons. The maximum Gasteiger partial charge on any atom is 0.214 e. The molecular formula is C9H17NO2S2. The number of fused-ring (bicyclic) bond motifs is 2. The number of rotatable bonds is 3. The van der Waals surface area contributed by atoms with Crippen LogP contribution < -0.4 is 0 Å². The Bertz CT molecular complexity index is 313. The van der Waals surface area contributed by atoms with Gasteiger partial charge in [0.2, 0.25) is 10.0 Å². The minimum atomic E-state index is -2.97. The normalized spacial score (nSPS) is 33.1. The molecule has 0 saturated carbocycles. The van der Waals surface area contributed by atoms with Crippen molar-refractivity contribution in [3.05, 3.63) is 0 Å². The van der Waals surface area contributed by atoms with Crippen molar-refractivity contribution in [3.8, 4) is 0 Å². The van der Waals surface area contributed by atoms with Gasteiger partial charge in [-0.05, 0) is 12.3 Å². The number of hydrogen-bond acceptors (Lipinski definition) is 3. The molecule has 82 valence electrons. The lowest BCUT2D eigenvalue weighted by Crippen LogP contribution is -2.41. The fourth-order valence-electron chi connectivity index (χ4n) is 2.22. The van der Waals surface area contributed by atoms with Gasteiger partial charge in [-0.2, -0.15) is 16.1 Å². The van der Waals surface area contributed by atoms with Gasteiger partial charge < -0.3 is 0 Å². The number of sulfonamides is 1. The largest absolute Gasteiger partial charge is 0.214 e. The van der Waals surface area contributed by atoms with Crippen LogP contribution in [0.5, 0.6) is 0 Å². The quantitative estimate of drug-likeness (QED) is 0.737. The molecule has 2 rings (SSSR count). The van der Waals surface area contributed by atoms with Crippen molar-refractivity contribution in [1.29, 1.82) is 0 Å². The first-order valence-corrected chi connectivity index (χ1v) is 7.76. The van der Waals surface area contributed by atoms with Crippen LogP contribution in [0.1, 0.15) is 20.3 Å². The van der Waals surface area contributed by atoms with Gasteiger partial charge in [-0.1, -0.05) is 13.8 Å². The lowest BCUT2D eigenvalue weighted by atomic mass is 10.3. The summed E-state index contributed by atoms with van der Waals surface area (Å²) in [7, 11) is -2.97. The Morgan fingerprint density at radius 1 is 1.50 bits per heavy atom. The maximum atomic E-state index is 11.9. The second-order valence-corrected chi connectivity index (χ2v) is 7.89. The van der Waals surface area contributed by atoms with Crippen molar-refractivity contribution >= 4 is 21.8 Å². The third kappa shape index (κ3) is 1.95. The van der Waals surface area contributed by atoms with E-state index in [-0.39, 0.29) is 5.92 Å². The summed E-state index contributed by atoms with van der Waals surface area (Å²) in [4.78, 5) is 0. The molecule has 14 heavy (non-hydrogen) atoms. The predicted molar refractivity (Wildman–Crippen MR) is 60.0 cm³/mol. The van der Waals surface area contributed by atoms with Gasteiger partial charge in [0.05, 0.1) is 5.75 Å². The van der Waals surface area contributed by atoms with Gasteiger partial charge in [-0.15, -0.1) is 0 Å². The average Bonchev–Trinajstić information content (AvgIpc) is 2.60. The first-order valence-electron chi connectivity index (χ1n) is 5.10. The van der Waals surface area contributed by atoms with Gasteiger partial charge in [-0.25, -0.2) is 8.42 Å². The van der Waals surface area contributed by atoms with E-state index in [4.69, 9.17) is 0 Å². The molecule has 3 nitrogen and oxygen atoms in total. The number of hydrogen-bond donors (Lipinski definition) is 0. The first kappa shape index (κ1) is 10.8. The molecular weight excluding hydrogens is 218 g/mol. The van der Waals surface area contributed by atoms with E-state index in [1.54, 1.807) is 4.31 Å². The summed E-state index contributed by atoms with van der Waals surface area (Å²) in [5.41, 5.74) is 0. The van der Waals surface area contributed by atoms with E-state index < -0.39 is 10.0 Å². The molecule has 0 spiro atoms. The van der Waals surface area contributed by atoms with Gasteiger partial charge in [0.15, 0.2) is 0 Å². The van der Waals surface area contributed by atoms with E-state index in [9.17, 15) is 8.42 Å². The van der Waals surface area contributed by atoms with Gasteiger partial charge in [-0.3, -0.25) is 0 Å². The van der Waals surface area contributed by atoms with Crippen LogP contribution in [0.4, 0.5) is 0 Å². The zero-order valence-electron chi connectivity index (χ0n) is 8.64. The van der Waals surface area contributed by atoms with Crippen LogP contribution in [0.3, 0.4) is 0 Å². The van der Waals surface area contributed by atoms with E-state index in [1.165, 1.54) is 0 Å². The Kier molecular flexibility index (Phi) is 2.83. The third-order valence-electron chi connectivity index (χ3n) is 2.75. The van der Waals surface area contributed by atoms with Crippen LogP contribution in [0.25, 0.3) is 0 Å². The van der Waals surface area contributed by atoms with Crippen molar-refractivity contribution in [2.24, 2.45) is 5.92 Å². The van der Waals surface area contributed by atoms with Crippen molar-refractivity contribution in [2.75, 3.05) is 18.1 Å². The maximum absolute atomic E-state index is 11.9. The highest BCUT2D eigenvalue weighted by Crippen LogP contribution is 2.39. The highest BCUT2D eigenvalue weighted by atomic mass is 32.2. The van der Waals surface area contributed by atoms with Gasteiger partial charge in [0.1, 0.15) is 0 Å². The molecule has 2 aliphatic heterocycles. The molecule has 0 N–H and O–H groups in total. The summed E-state index contributed by atoms with van der Waals surface area (Å²) < 4.78 is 25.6. The Balaban J connectivity index is 2.08. The van der Waals surface area contributed by atoms with Crippen molar-refractivity contribution in [3.63, 3.8) is 0 Å². The molecule has 0 aliphatic carbocycles. The summed E-state index contributed by atoms with van der Waals surface area (Å²) in [6.45, 7) is 4.67. The lowest BCUT2D eigenvalue weighted by molar-refractivity contribution is 0.406. The topological polar surface area (TPSA) is 37.4 Å². The molecule has 0 aromatic heterocycles. The molecule has 2 heterocycles. The minimum Gasteiger partial charge on any atom is -0.212 e. The van der Waals surface area contributed by atoms with Crippen LogP contribution >= 0.6 is 11.8 Å². The first-order chi connectivity index (χ1) is 6.49. The molecule has 0 amide bonds. The summed E-state index contributed by atoms with van der Waals surface area (Å²) >= 11 is 1.92. The minimum absolute atomic E-state index is 0.228. The van der Waals surface area contributed by atoms with Crippen LogP contribution in [0.2, 0.25) is 0 Å². The highest BCUT2D eigenvalue weighted by Gasteiger charge is 2.44. The average molecular weight is 235 g/mol. The Morgan fingerprint density at radius 2 is 2.21 bits per heavy atom. The van der Waals surface area contributed by atoms with E-state index in [1.807, 2.05) is 25.6 Å². The molecule has 2 unspecified atom stereocenters. The predicted octanol–water partition coefficient (Wildman–Crippen LogP) is 1.16. The van der Waals surface area contributed by atoms with Gasteiger partial charge >= 0.3 is 0 Å². The summed E-state index contributed by atoms with van der Waals surface area (Å²) in [6.07, 6.45) is 1.07. The molecule has 5 heteroatoms. The third-order valence-corrected chi connectivity index (χ3v) is 6.39. The highest BCUT2D eigenvalue weighted by molar-refractivity contribution is 8.00. The van der Waals surface area contributed by atoms with Crippen LogP contribution in [-0.2, 0) is 10.0 Å². The smallest absolute Gasteiger partial charge is 0.212 e. The number of nitrogens with zero attached hydrogens (tertiary/aromatic N) is 1. The van der Waals surface area contributed by atoms with Crippen LogP contribution in [-0.4, -0.2) is 42.1 Å². The summed E-state index contributed by atoms with van der Waals surface area (Å²) in [5.74, 6) is 1.54. The zero-order valence-corrected chi connectivity index (χ0v) is 10.3. The molecule has 2 bridgehead atoms. The van der Waals surface area contributed by atoms with E-state index in [2.05, 4.69) is 0 Å². The lowest BCUT2D eigenvalue weighted by Gasteiger charge is -2.26. The summed E-state index contributed by atoms with van der Waals surface area (Å²) in [5, 5.41) is 0.571. The monoisotopic (exact) mass is 235 g/mol. The molecule has 0 aromatic carbocycles. The second kappa shape index (κ2) is 3.68. The molecule has 2 saturated heterocycles. The Labute approximate surface area is 90.3 Å². The molecule has 2 fully saturated rings. The second-order valence-electron chi connectivity index (χ2n) is 4.59. The Morgan fingerprint density at radius 3 is 2.64 bits per heavy atom. The molecule has 2 atom stereocenters. The summed E-state index contributed by atoms with van der Waals surface area (Å²) in [6, 6.07) is 0.300. The molecule has 2 aliphatic rings. The van der Waals surface area contributed by atoms with E-state index >= 15 is 0 Å². The standard InChI is InChI=1S/C9H17NO2S2/c1-7(2)6-14(11,12)10-4-9-3-8(10)5-13-9/h7-9H,3-6H2,1-2H3. The Hall–Kier alpha value is 0.260. The SMILES string of the molecule is CC(C)CS(=O)(=O)N1CC2CC1CS2. The number of thioether (sulfide) groups is 1. The van der Waals surface area contributed by atoms with Crippen molar-refractivity contribution in [1.82, 2.24) is 4.31 Å². The van der Waals surface area contributed by atoms with Crippen molar-refractivity contribution < 1.29 is 8.42 Å². The fourth-order valence-corrected chi connectivity index (χ4v) is 5.90. The van der Waals surface area contributed by atoms with Crippen molar-refractivity contribution in [2.45, 2.75) is 31.6 Å². The van der Waals surface area contributed by atoms with Crippen LogP contribution in [0.15, 0.2) is 0 Å². The van der Waals surface area contributed by atoms with E-state index in [0.29, 0.717) is 17.0 Å². The van der Waals surface area contributed by atoms with E-state index in [0.717, 1.165) is 18.7 Å². The van der Waals surface area contributed by atoms with Gasteiger partial charge in [0, 0.05) is 23.6 Å². The van der Waals surface area contributed by atoms with Crippen LogP contribution in [0, 0.1) is 5.92 Å². The molecule has 0 aromatic rings. The van der Waals surface area contributed by atoms with Gasteiger partial charge in [0.25, 0.3) is 0 Å².